The molecule has 0 aliphatic carbocycles. The molecule has 1 amide bonds. The Bertz CT molecular complexity index is 775. The van der Waals surface area contributed by atoms with Gasteiger partial charge in [0.15, 0.2) is 0 Å². The first-order chi connectivity index (χ1) is 9.18. The van der Waals surface area contributed by atoms with Gasteiger partial charge in [0.1, 0.15) is 5.75 Å². The molecule has 0 atom stereocenters. The van der Waals surface area contributed by atoms with Crippen LogP contribution < -0.4 is 5.73 Å². The van der Waals surface area contributed by atoms with E-state index in [2.05, 4.69) is 0 Å². The number of primary amides is 1. The van der Waals surface area contributed by atoms with Crippen LogP contribution in [0.2, 0.25) is 0 Å². The van der Waals surface area contributed by atoms with Crippen molar-refractivity contribution in [3.05, 3.63) is 54.7 Å². The second-order valence-corrected chi connectivity index (χ2v) is 4.28. The van der Waals surface area contributed by atoms with Crippen LogP contribution in [0, 0.1) is 0 Å². The third-order valence-corrected chi connectivity index (χ3v) is 3.16. The Labute approximate surface area is 109 Å². The predicted octanol–water partition coefficient (Wildman–Crippen LogP) is 2.94. The van der Waals surface area contributed by atoms with Crippen LogP contribution in [0.1, 0.15) is 0 Å². The van der Waals surface area contributed by atoms with Crippen LogP contribution >= 0.6 is 0 Å². The van der Waals surface area contributed by atoms with Crippen molar-refractivity contribution in [2.75, 3.05) is 0 Å². The van der Waals surface area contributed by atoms with E-state index in [9.17, 15) is 9.90 Å². The minimum Gasteiger partial charge on any atom is -0.507 e. The largest absolute Gasteiger partial charge is 0.507 e. The van der Waals surface area contributed by atoms with Crippen LogP contribution in [-0.2, 0) is 0 Å². The molecule has 0 bridgehead atoms. The molecular weight excluding hydrogens is 240 g/mol. The van der Waals surface area contributed by atoms with Crippen LogP contribution in [0.25, 0.3) is 22.0 Å². The Balaban J connectivity index is 2.32. The molecule has 0 saturated carbocycles. The number of phenols is 1. The number of carbonyl (C=O) groups is 1. The average molecular weight is 252 g/mol. The smallest absolute Gasteiger partial charge is 0.323 e. The number of phenolic OH excluding ortho intramolecular Hbond substituents is 1. The van der Waals surface area contributed by atoms with Crippen molar-refractivity contribution in [1.29, 1.82) is 0 Å². The Morgan fingerprint density at radius 3 is 2.47 bits per heavy atom. The van der Waals surface area contributed by atoms with Gasteiger partial charge in [-0.05, 0) is 23.8 Å². The molecule has 3 rings (SSSR count). The van der Waals surface area contributed by atoms with Crippen molar-refractivity contribution >= 4 is 16.9 Å². The molecule has 0 unspecified atom stereocenters. The molecule has 94 valence electrons. The van der Waals surface area contributed by atoms with Gasteiger partial charge >= 0.3 is 6.03 Å². The second-order valence-electron chi connectivity index (χ2n) is 4.28. The SMILES string of the molecule is NC(=O)n1ccc2c(-c3ccccc3O)cccc21. The van der Waals surface area contributed by atoms with Crippen LogP contribution in [0.5, 0.6) is 5.75 Å². The van der Waals surface area contributed by atoms with Gasteiger partial charge in [-0.1, -0.05) is 30.3 Å². The summed E-state index contributed by atoms with van der Waals surface area (Å²) in [6, 6.07) is 14.0. The number of hydrogen-bond acceptors (Lipinski definition) is 2. The average Bonchev–Trinajstić information content (AvgIpc) is 2.83. The summed E-state index contributed by atoms with van der Waals surface area (Å²) in [7, 11) is 0. The molecule has 0 aliphatic heterocycles. The molecule has 0 radical (unpaired) electrons. The third kappa shape index (κ3) is 1.74. The number of carbonyl (C=O) groups excluding carboxylic acids is 1. The lowest BCUT2D eigenvalue weighted by Gasteiger charge is -2.07. The summed E-state index contributed by atoms with van der Waals surface area (Å²) in [5, 5.41) is 10.8. The topological polar surface area (TPSA) is 68.2 Å². The van der Waals surface area contributed by atoms with Gasteiger partial charge in [0.2, 0.25) is 0 Å². The molecule has 19 heavy (non-hydrogen) atoms. The number of aromatic nitrogens is 1. The molecule has 3 aromatic rings. The lowest BCUT2D eigenvalue weighted by atomic mass is 10.0. The first-order valence-electron chi connectivity index (χ1n) is 5.87. The first kappa shape index (κ1) is 11.3. The fourth-order valence-corrected chi connectivity index (χ4v) is 2.30. The van der Waals surface area contributed by atoms with E-state index < -0.39 is 6.03 Å². The molecule has 0 saturated heterocycles. The lowest BCUT2D eigenvalue weighted by molar-refractivity contribution is 0.251. The van der Waals surface area contributed by atoms with Crippen molar-refractivity contribution in [3.63, 3.8) is 0 Å². The van der Waals surface area contributed by atoms with E-state index in [0.29, 0.717) is 0 Å². The molecule has 0 fully saturated rings. The summed E-state index contributed by atoms with van der Waals surface area (Å²) in [6.07, 6.45) is 1.64. The summed E-state index contributed by atoms with van der Waals surface area (Å²) in [5.74, 6) is 0.210. The Morgan fingerprint density at radius 2 is 1.74 bits per heavy atom. The highest BCUT2D eigenvalue weighted by atomic mass is 16.3. The first-order valence-corrected chi connectivity index (χ1v) is 5.87. The van der Waals surface area contributed by atoms with Gasteiger partial charge in [-0.25, -0.2) is 4.79 Å². The van der Waals surface area contributed by atoms with E-state index in [-0.39, 0.29) is 5.75 Å². The number of rotatable bonds is 1. The maximum absolute atomic E-state index is 11.3. The fourth-order valence-electron chi connectivity index (χ4n) is 2.30. The fraction of sp³-hybridized carbons (Fsp3) is 0. The predicted molar refractivity (Wildman–Crippen MR) is 74.0 cm³/mol. The van der Waals surface area contributed by atoms with Crippen molar-refractivity contribution in [2.45, 2.75) is 0 Å². The summed E-state index contributed by atoms with van der Waals surface area (Å²) >= 11 is 0. The highest BCUT2D eigenvalue weighted by molar-refractivity contribution is 6.00. The zero-order valence-electron chi connectivity index (χ0n) is 10.1. The minimum atomic E-state index is -0.524. The van der Waals surface area contributed by atoms with Crippen molar-refractivity contribution < 1.29 is 9.90 Å². The van der Waals surface area contributed by atoms with Crippen LogP contribution in [0.15, 0.2) is 54.7 Å². The molecule has 0 spiro atoms. The highest BCUT2D eigenvalue weighted by Crippen LogP contribution is 2.34. The monoisotopic (exact) mass is 252 g/mol. The molecule has 0 aliphatic rings. The van der Waals surface area contributed by atoms with Gasteiger partial charge in [0.25, 0.3) is 0 Å². The molecule has 1 heterocycles. The van der Waals surface area contributed by atoms with Crippen LogP contribution in [0.4, 0.5) is 4.79 Å². The maximum atomic E-state index is 11.3. The maximum Gasteiger partial charge on any atom is 0.323 e. The van der Waals surface area contributed by atoms with E-state index in [0.717, 1.165) is 22.0 Å². The van der Waals surface area contributed by atoms with Gasteiger partial charge in [0, 0.05) is 17.1 Å². The number of fused-ring (bicyclic) bond motifs is 1. The van der Waals surface area contributed by atoms with Gasteiger partial charge in [-0.3, -0.25) is 4.57 Å². The van der Waals surface area contributed by atoms with Gasteiger partial charge in [-0.2, -0.15) is 0 Å². The minimum absolute atomic E-state index is 0.210. The van der Waals surface area contributed by atoms with E-state index in [1.807, 2.05) is 36.4 Å². The normalized spacial score (nSPS) is 10.7. The molecular formula is C15H12N2O2. The summed E-state index contributed by atoms with van der Waals surface area (Å²) < 4.78 is 1.39. The zero-order chi connectivity index (χ0) is 13.4. The number of aromatic hydroxyl groups is 1. The van der Waals surface area contributed by atoms with Gasteiger partial charge in [0.05, 0.1) is 5.52 Å². The lowest BCUT2D eigenvalue weighted by Crippen LogP contribution is -2.17. The number of nitrogens with two attached hydrogens (primary N) is 1. The van der Waals surface area contributed by atoms with Crippen molar-refractivity contribution in [1.82, 2.24) is 4.57 Å². The van der Waals surface area contributed by atoms with Crippen molar-refractivity contribution in [3.8, 4) is 16.9 Å². The van der Waals surface area contributed by atoms with Crippen LogP contribution in [0.3, 0.4) is 0 Å². The highest BCUT2D eigenvalue weighted by Gasteiger charge is 2.11. The quantitative estimate of drug-likeness (QED) is 0.699. The van der Waals surface area contributed by atoms with Gasteiger partial charge < -0.3 is 10.8 Å². The van der Waals surface area contributed by atoms with E-state index >= 15 is 0 Å². The molecule has 2 aromatic carbocycles. The molecule has 1 aromatic heterocycles. The Hall–Kier alpha value is -2.75. The number of amides is 1. The number of benzene rings is 2. The third-order valence-electron chi connectivity index (χ3n) is 3.16. The summed E-state index contributed by atoms with van der Waals surface area (Å²) in [6.45, 7) is 0. The number of para-hydroxylation sites is 1. The number of nitrogens with zero attached hydrogens (tertiary/aromatic N) is 1. The Kier molecular flexibility index (Phi) is 2.49. The standard InChI is InChI=1S/C15H12N2O2/c16-15(19)17-9-8-11-10(5-3-6-13(11)17)12-4-1-2-7-14(12)18/h1-9,18H,(H2,16,19). The summed E-state index contributed by atoms with van der Waals surface area (Å²) in [4.78, 5) is 11.3. The molecule has 3 N–H and O–H groups in total. The zero-order valence-corrected chi connectivity index (χ0v) is 10.1. The summed E-state index contributed by atoms with van der Waals surface area (Å²) in [5.41, 5.74) is 7.65. The molecule has 4 heteroatoms. The van der Waals surface area contributed by atoms with E-state index in [1.54, 1.807) is 18.3 Å². The van der Waals surface area contributed by atoms with Crippen molar-refractivity contribution in [2.24, 2.45) is 5.73 Å². The van der Waals surface area contributed by atoms with Gasteiger partial charge in [-0.15, -0.1) is 0 Å². The Morgan fingerprint density at radius 1 is 1.00 bits per heavy atom. The van der Waals surface area contributed by atoms with E-state index in [4.69, 9.17) is 5.73 Å². The number of hydrogen-bond donors (Lipinski definition) is 2. The van der Waals surface area contributed by atoms with Crippen LogP contribution in [-0.4, -0.2) is 15.7 Å². The second kappa shape index (κ2) is 4.17. The molecule has 4 nitrogen and oxygen atoms in total. The van der Waals surface area contributed by atoms with E-state index in [1.165, 1.54) is 4.57 Å².